The van der Waals surface area contributed by atoms with E-state index in [0.29, 0.717) is 0 Å². The monoisotopic (exact) mass is 310 g/mol. The first-order valence-electron chi connectivity index (χ1n) is 6.91. The van der Waals surface area contributed by atoms with Gasteiger partial charge in [0.1, 0.15) is 0 Å². The van der Waals surface area contributed by atoms with Crippen molar-refractivity contribution in [1.29, 1.82) is 0 Å². The zero-order valence-electron chi connectivity index (χ0n) is 11.1. The molecule has 0 amide bonds. The van der Waals surface area contributed by atoms with Crippen LogP contribution in [0.4, 0.5) is 5.69 Å². The van der Waals surface area contributed by atoms with Gasteiger partial charge in [-0.3, -0.25) is 0 Å². The summed E-state index contributed by atoms with van der Waals surface area (Å²) in [7, 11) is 0. The molecular formula is C15H23BrN2. The fourth-order valence-corrected chi connectivity index (χ4v) is 3.29. The Morgan fingerprint density at radius 3 is 2.72 bits per heavy atom. The highest BCUT2D eigenvalue weighted by atomic mass is 79.9. The van der Waals surface area contributed by atoms with Crippen molar-refractivity contribution in [2.45, 2.75) is 44.6 Å². The molecule has 100 valence electrons. The molecule has 0 aromatic heterocycles. The zero-order valence-corrected chi connectivity index (χ0v) is 12.7. The van der Waals surface area contributed by atoms with E-state index in [0.717, 1.165) is 16.9 Å². The maximum absolute atomic E-state index is 6.06. The van der Waals surface area contributed by atoms with E-state index in [1.807, 2.05) is 0 Å². The lowest BCUT2D eigenvalue weighted by Crippen LogP contribution is -2.49. The fraction of sp³-hybridized carbons (Fsp3) is 0.600. The van der Waals surface area contributed by atoms with Gasteiger partial charge in [-0.25, -0.2) is 0 Å². The number of nitrogens with one attached hydrogen (secondary N) is 1. The van der Waals surface area contributed by atoms with Gasteiger partial charge < -0.3 is 11.1 Å². The number of benzene rings is 1. The van der Waals surface area contributed by atoms with Crippen LogP contribution in [0.3, 0.4) is 0 Å². The minimum absolute atomic E-state index is 0.104. The molecule has 0 radical (unpaired) electrons. The van der Waals surface area contributed by atoms with E-state index in [-0.39, 0.29) is 5.54 Å². The van der Waals surface area contributed by atoms with Crippen LogP contribution in [-0.4, -0.2) is 12.1 Å². The van der Waals surface area contributed by atoms with E-state index in [9.17, 15) is 0 Å². The first-order chi connectivity index (χ1) is 8.67. The quantitative estimate of drug-likeness (QED) is 0.876. The molecule has 3 N–H and O–H groups in total. The number of halogens is 1. The Labute approximate surface area is 118 Å². The van der Waals surface area contributed by atoms with Crippen molar-refractivity contribution >= 4 is 21.6 Å². The van der Waals surface area contributed by atoms with Crippen LogP contribution >= 0.6 is 15.9 Å². The van der Waals surface area contributed by atoms with E-state index in [1.54, 1.807) is 0 Å². The summed E-state index contributed by atoms with van der Waals surface area (Å²) < 4.78 is 1.12. The van der Waals surface area contributed by atoms with Gasteiger partial charge >= 0.3 is 0 Å². The number of anilines is 1. The van der Waals surface area contributed by atoms with Crippen LogP contribution < -0.4 is 11.1 Å². The minimum Gasteiger partial charge on any atom is -0.378 e. The van der Waals surface area contributed by atoms with Crippen molar-refractivity contribution in [3.63, 3.8) is 0 Å². The first-order valence-corrected chi connectivity index (χ1v) is 7.70. The molecule has 18 heavy (non-hydrogen) atoms. The molecule has 0 bridgehead atoms. The molecule has 1 aromatic rings. The van der Waals surface area contributed by atoms with Crippen LogP contribution in [0.2, 0.25) is 0 Å². The molecule has 1 aliphatic carbocycles. The van der Waals surface area contributed by atoms with Gasteiger partial charge in [-0.05, 0) is 43.0 Å². The third-order valence-electron chi connectivity index (χ3n) is 4.17. The number of rotatable bonds is 4. The van der Waals surface area contributed by atoms with Crippen LogP contribution in [0.15, 0.2) is 28.7 Å². The van der Waals surface area contributed by atoms with E-state index in [1.165, 1.54) is 37.8 Å². The molecule has 1 fully saturated rings. The average Bonchev–Trinajstić information content (AvgIpc) is 2.42. The van der Waals surface area contributed by atoms with Gasteiger partial charge in [0.15, 0.2) is 0 Å². The predicted molar refractivity (Wildman–Crippen MR) is 81.8 cm³/mol. The smallest absolute Gasteiger partial charge is 0.0498 e. The van der Waals surface area contributed by atoms with Gasteiger partial charge in [-0.1, -0.05) is 42.1 Å². The molecule has 3 heteroatoms. The standard InChI is InChI=1S/C15H23BrN2/c1-2-12-4-3-9-15(10-12,11-17)18-14-7-5-13(16)6-8-14/h5-8,12,18H,2-4,9-11,17H2,1H3. The topological polar surface area (TPSA) is 38.0 Å². The number of nitrogens with two attached hydrogens (primary N) is 1. The first kappa shape index (κ1) is 13.9. The lowest BCUT2D eigenvalue weighted by Gasteiger charge is -2.41. The van der Waals surface area contributed by atoms with Crippen LogP contribution in [0.5, 0.6) is 0 Å². The Kier molecular flexibility index (Phi) is 4.68. The van der Waals surface area contributed by atoms with Gasteiger partial charge in [-0.15, -0.1) is 0 Å². The maximum atomic E-state index is 6.06. The summed E-state index contributed by atoms with van der Waals surface area (Å²) in [6.45, 7) is 3.01. The lowest BCUT2D eigenvalue weighted by molar-refractivity contribution is 0.244. The Hall–Kier alpha value is -0.540. The SMILES string of the molecule is CCC1CCCC(CN)(Nc2ccc(Br)cc2)C1. The highest BCUT2D eigenvalue weighted by Gasteiger charge is 2.34. The summed E-state index contributed by atoms with van der Waals surface area (Å²) in [5.41, 5.74) is 7.35. The lowest BCUT2D eigenvalue weighted by atomic mass is 9.74. The Balaban J connectivity index is 2.09. The molecule has 2 atom stereocenters. The van der Waals surface area contributed by atoms with Crippen LogP contribution in [0, 0.1) is 5.92 Å². The molecule has 2 nitrogen and oxygen atoms in total. The summed E-state index contributed by atoms with van der Waals surface area (Å²) >= 11 is 3.47. The summed E-state index contributed by atoms with van der Waals surface area (Å²) in [5.74, 6) is 0.824. The third kappa shape index (κ3) is 3.27. The van der Waals surface area contributed by atoms with Crippen LogP contribution in [0.25, 0.3) is 0 Å². The Morgan fingerprint density at radius 1 is 1.39 bits per heavy atom. The molecule has 1 saturated carbocycles. The number of hydrogen-bond donors (Lipinski definition) is 2. The van der Waals surface area contributed by atoms with Gasteiger partial charge in [-0.2, -0.15) is 0 Å². The normalized spacial score (nSPS) is 28.1. The molecule has 0 heterocycles. The fourth-order valence-electron chi connectivity index (χ4n) is 3.02. The maximum Gasteiger partial charge on any atom is 0.0498 e. The molecule has 1 aliphatic rings. The highest BCUT2D eigenvalue weighted by Crippen LogP contribution is 2.36. The predicted octanol–water partition coefficient (Wildman–Crippen LogP) is 4.16. The van der Waals surface area contributed by atoms with Gasteiger partial charge in [0.05, 0.1) is 0 Å². The second-order valence-electron chi connectivity index (χ2n) is 5.49. The number of hydrogen-bond acceptors (Lipinski definition) is 2. The van der Waals surface area contributed by atoms with E-state index in [4.69, 9.17) is 5.73 Å². The molecule has 0 aliphatic heterocycles. The summed E-state index contributed by atoms with van der Waals surface area (Å²) in [6.07, 6.45) is 6.31. The summed E-state index contributed by atoms with van der Waals surface area (Å²) in [6, 6.07) is 8.40. The summed E-state index contributed by atoms with van der Waals surface area (Å²) in [5, 5.41) is 3.69. The second kappa shape index (κ2) is 6.07. The van der Waals surface area contributed by atoms with Gasteiger partial charge in [0, 0.05) is 22.2 Å². The molecular weight excluding hydrogens is 288 g/mol. The minimum atomic E-state index is 0.104. The van der Waals surface area contributed by atoms with Crippen molar-refractivity contribution in [3.05, 3.63) is 28.7 Å². The van der Waals surface area contributed by atoms with E-state index >= 15 is 0 Å². The Bertz CT molecular complexity index is 377. The van der Waals surface area contributed by atoms with Crippen LogP contribution in [-0.2, 0) is 0 Å². The zero-order chi connectivity index (χ0) is 13.0. The van der Waals surface area contributed by atoms with Crippen molar-refractivity contribution in [2.75, 3.05) is 11.9 Å². The van der Waals surface area contributed by atoms with Crippen molar-refractivity contribution < 1.29 is 0 Å². The summed E-state index contributed by atoms with van der Waals surface area (Å²) in [4.78, 5) is 0. The van der Waals surface area contributed by atoms with Crippen molar-refractivity contribution in [2.24, 2.45) is 11.7 Å². The van der Waals surface area contributed by atoms with Crippen molar-refractivity contribution in [3.8, 4) is 0 Å². The van der Waals surface area contributed by atoms with E-state index in [2.05, 4.69) is 52.4 Å². The third-order valence-corrected chi connectivity index (χ3v) is 4.70. The van der Waals surface area contributed by atoms with Crippen molar-refractivity contribution in [1.82, 2.24) is 0 Å². The molecule has 2 unspecified atom stereocenters. The Morgan fingerprint density at radius 2 is 2.11 bits per heavy atom. The molecule has 0 saturated heterocycles. The van der Waals surface area contributed by atoms with Crippen LogP contribution in [0.1, 0.15) is 39.0 Å². The van der Waals surface area contributed by atoms with Gasteiger partial charge in [0.25, 0.3) is 0 Å². The largest absolute Gasteiger partial charge is 0.378 e. The van der Waals surface area contributed by atoms with Gasteiger partial charge in [0.2, 0.25) is 0 Å². The highest BCUT2D eigenvalue weighted by molar-refractivity contribution is 9.10. The second-order valence-corrected chi connectivity index (χ2v) is 6.40. The van der Waals surface area contributed by atoms with E-state index < -0.39 is 0 Å². The molecule has 2 rings (SSSR count). The molecule has 1 aromatic carbocycles. The molecule has 0 spiro atoms. The average molecular weight is 311 g/mol.